The van der Waals surface area contributed by atoms with E-state index in [1.807, 2.05) is 49.4 Å². The molecule has 0 aliphatic heterocycles. The van der Waals surface area contributed by atoms with Gasteiger partial charge in [0.2, 0.25) is 0 Å². The Kier molecular flexibility index (Phi) is 7.92. The van der Waals surface area contributed by atoms with Crippen LogP contribution in [0.25, 0.3) is 44.2 Å². The molecule has 1 heterocycles. The first-order chi connectivity index (χ1) is 19.1. The van der Waals surface area contributed by atoms with E-state index >= 15 is 0 Å². The highest BCUT2D eigenvalue weighted by molar-refractivity contribution is 6.09. The number of furan rings is 1. The zero-order chi connectivity index (χ0) is 27.2. The van der Waals surface area contributed by atoms with Gasteiger partial charge >= 0.3 is 12.1 Å². The van der Waals surface area contributed by atoms with Crippen molar-refractivity contribution in [3.8, 4) is 22.3 Å². The number of carbonyl (C=O) groups excluding carboxylic acids is 2. The number of methoxy groups -OCH3 is 1. The molecule has 1 unspecified atom stereocenters. The summed E-state index contributed by atoms with van der Waals surface area (Å²) >= 11 is 0. The molecule has 5 aromatic rings. The van der Waals surface area contributed by atoms with E-state index in [1.54, 1.807) is 0 Å². The van der Waals surface area contributed by atoms with Gasteiger partial charge in [0.25, 0.3) is 0 Å². The monoisotopic (exact) mass is 521 g/mol. The lowest BCUT2D eigenvalue weighted by molar-refractivity contribution is -0.141. The summed E-state index contributed by atoms with van der Waals surface area (Å²) in [6.07, 6.45) is 1.18. The Morgan fingerprint density at radius 1 is 0.821 bits per heavy atom. The molecule has 0 radical (unpaired) electrons. The maximum atomic E-state index is 12.2. The van der Waals surface area contributed by atoms with Crippen molar-refractivity contribution in [2.75, 3.05) is 13.7 Å². The van der Waals surface area contributed by atoms with Gasteiger partial charge in [0, 0.05) is 16.3 Å². The van der Waals surface area contributed by atoms with E-state index in [0.29, 0.717) is 6.61 Å². The van der Waals surface area contributed by atoms with E-state index < -0.39 is 18.1 Å². The van der Waals surface area contributed by atoms with Gasteiger partial charge in [-0.05, 0) is 34.7 Å². The van der Waals surface area contributed by atoms with Crippen LogP contribution >= 0.6 is 0 Å². The summed E-state index contributed by atoms with van der Waals surface area (Å²) in [6, 6.07) is 29.9. The summed E-state index contributed by atoms with van der Waals surface area (Å²) in [4.78, 5) is 24.2. The third-order valence-corrected chi connectivity index (χ3v) is 6.87. The second kappa shape index (κ2) is 11.9. The molecule has 1 aromatic heterocycles. The molecular formula is C33H31NO5. The van der Waals surface area contributed by atoms with Crippen LogP contribution in [-0.2, 0) is 14.3 Å². The fourth-order valence-corrected chi connectivity index (χ4v) is 4.72. The van der Waals surface area contributed by atoms with Gasteiger partial charge in [-0.15, -0.1) is 0 Å². The predicted octanol–water partition coefficient (Wildman–Crippen LogP) is 8.05. The summed E-state index contributed by atoms with van der Waals surface area (Å²) in [7, 11) is 1.33. The van der Waals surface area contributed by atoms with Crippen LogP contribution in [0.2, 0.25) is 0 Å². The number of hydrogen-bond donors (Lipinski definition) is 1. The van der Waals surface area contributed by atoms with Gasteiger partial charge in [0.05, 0.1) is 26.2 Å². The fraction of sp³-hybridized carbons (Fsp3) is 0.212. The van der Waals surface area contributed by atoms with Crippen molar-refractivity contribution in [2.24, 2.45) is 0 Å². The van der Waals surface area contributed by atoms with Crippen molar-refractivity contribution in [3.05, 3.63) is 96.6 Å². The number of para-hydroxylation sites is 2. The molecule has 1 atom stereocenters. The first kappa shape index (κ1) is 26.0. The summed E-state index contributed by atoms with van der Waals surface area (Å²) < 4.78 is 16.3. The molecule has 0 saturated heterocycles. The van der Waals surface area contributed by atoms with Crippen molar-refractivity contribution >= 4 is 34.0 Å². The van der Waals surface area contributed by atoms with Crippen molar-refractivity contribution in [1.82, 2.24) is 5.32 Å². The minimum Gasteiger partial charge on any atom is -0.469 e. The first-order valence-electron chi connectivity index (χ1n) is 13.2. The van der Waals surface area contributed by atoms with Crippen LogP contribution in [0.15, 0.2) is 95.4 Å². The highest BCUT2D eigenvalue weighted by Gasteiger charge is 2.20. The number of benzene rings is 4. The quantitative estimate of drug-likeness (QED) is 0.157. The SMILES string of the molecule is CCCCOC(=O)NC(CC(=O)OC)c1ccc(-c2ccc(-c3cccc4c3oc3ccccc34)cc2)cc1. The van der Waals surface area contributed by atoms with Crippen molar-refractivity contribution in [1.29, 1.82) is 0 Å². The number of fused-ring (bicyclic) bond motifs is 3. The number of amides is 1. The molecule has 0 fully saturated rings. The minimum absolute atomic E-state index is 0.0146. The number of unbranched alkanes of at least 4 members (excludes halogenated alkanes) is 1. The standard InChI is InChI=1S/C33H31NO5/c1-3-4-20-38-33(36)34-29(21-31(35)37-2)25-18-14-23(15-19-25)22-12-16-24(17-13-22)26-9-7-10-28-27-8-5-6-11-30(27)39-32(26)28/h5-19,29H,3-4,20-21H2,1-2H3,(H,34,36). The second-order valence-corrected chi connectivity index (χ2v) is 9.45. The van der Waals surface area contributed by atoms with Gasteiger partial charge in [0.1, 0.15) is 11.2 Å². The summed E-state index contributed by atoms with van der Waals surface area (Å²) in [5, 5.41) is 5.01. The van der Waals surface area contributed by atoms with Gasteiger partial charge in [0.15, 0.2) is 0 Å². The van der Waals surface area contributed by atoms with Crippen LogP contribution in [0.5, 0.6) is 0 Å². The lowest BCUT2D eigenvalue weighted by Gasteiger charge is -2.18. The average Bonchev–Trinajstić information content (AvgIpc) is 3.36. The molecule has 0 aliphatic carbocycles. The number of esters is 1. The topological polar surface area (TPSA) is 77.8 Å². The van der Waals surface area contributed by atoms with Crippen LogP contribution in [0.4, 0.5) is 4.79 Å². The number of alkyl carbamates (subject to hydrolysis) is 1. The van der Waals surface area contributed by atoms with E-state index in [0.717, 1.165) is 62.6 Å². The third-order valence-electron chi connectivity index (χ3n) is 6.87. The van der Waals surface area contributed by atoms with Crippen LogP contribution < -0.4 is 5.32 Å². The van der Waals surface area contributed by atoms with Crippen LogP contribution in [0.1, 0.15) is 37.8 Å². The molecule has 0 bridgehead atoms. The zero-order valence-electron chi connectivity index (χ0n) is 22.1. The molecule has 0 saturated carbocycles. The summed E-state index contributed by atoms with van der Waals surface area (Å²) in [5.41, 5.74) is 6.76. The lowest BCUT2D eigenvalue weighted by Crippen LogP contribution is -2.31. The fourth-order valence-electron chi connectivity index (χ4n) is 4.72. The van der Waals surface area contributed by atoms with Gasteiger partial charge in [-0.3, -0.25) is 4.79 Å². The molecule has 1 N–H and O–H groups in total. The van der Waals surface area contributed by atoms with E-state index in [2.05, 4.69) is 53.8 Å². The minimum atomic E-state index is -0.549. The maximum Gasteiger partial charge on any atom is 0.407 e. The molecular weight excluding hydrogens is 490 g/mol. The molecule has 0 aliphatic rings. The van der Waals surface area contributed by atoms with Crippen molar-refractivity contribution < 1.29 is 23.5 Å². The highest BCUT2D eigenvalue weighted by atomic mass is 16.5. The Bertz CT molecular complexity index is 1580. The van der Waals surface area contributed by atoms with Crippen LogP contribution in [0, 0.1) is 0 Å². The highest BCUT2D eigenvalue weighted by Crippen LogP contribution is 2.36. The van der Waals surface area contributed by atoms with Crippen LogP contribution in [-0.4, -0.2) is 25.8 Å². The maximum absolute atomic E-state index is 12.2. The van der Waals surface area contributed by atoms with Gasteiger partial charge in [-0.25, -0.2) is 4.79 Å². The number of hydrogen-bond acceptors (Lipinski definition) is 5. The Labute approximate surface area is 227 Å². The number of rotatable bonds is 9. The number of carbonyl (C=O) groups is 2. The van der Waals surface area contributed by atoms with E-state index in [4.69, 9.17) is 13.9 Å². The average molecular weight is 522 g/mol. The number of nitrogens with one attached hydrogen (secondary N) is 1. The molecule has 198 valence electrons. The summed E-state index contributed by atoms with van der Waals surface area (Å²) in [5.74, 6) is -0.409. The van der Waals surface area contributed by atoms with Crippen LogP contribution in [0.3, 0.4) is 0 Å². The summed E-state index contributed by atoms with van der Waals surface area (Å²) in [6.45, 7) is 2.37. The van der Waals surface area contributed by atoms with Gasteiger partial charge in [-0.2, -0.15) is 0 Å². The molecule has 0 spiro atoms. The van der Waals surface area contributed by atoms with E-state index in [9.17, 15) is 9.59 Å². The molecule has 5 rings (SSSR count). The number of ether oxygens (including phenoxy) is 2. The van der Waals surface area contributed by atoms with Gasteiger partial charge in [-0.1, -0.05) is 98.3 Å². The second-order valence-electron chi connectivity index (χ2n) is 9.45. The normalized spacial score (nSPS) is 11.8. The molecule has 6 heteroatoms. The van der Waals surface area contributed by atoms with E-state index in [1.165, 1.54) is 7.11 Å². The molecule has 6 nitrogen and oxygen atoms in total. The van der Waals surface area contributed by atoms with Crippen molar-refractivity contribution in [3.63, 3.8) is 0 Å². The smallest absolute Gasteiger partial charge is 0.407 e. The third kappa shape index (κ3) is 5.80. The zero-order valence-corrected chi connectivity index (χ0v) is 22.1. The Morgan fingerprint density at radius 2 is 1.49 bits per heavy atom. The van der Waals surface area contributed by atoms with Gasteiger partial charge < -0.3 is 19.2 Å². The molecule has 4 aromatic carbocycles. The Hall–Kier alpha value is -4.58. The molecule has 39 heavy (non-hydrogen) atoms. The van der Waals surface area contributed by atoms with E-state index in [-0.39, 0.29) is 6.42 Å². The predicted molar refractivity (Wildman–Crippen MR) is 153 cm³/mol. The van der Waals surface area contributed by atoms with Crippen molar-refractivity contribution in [2.45, 2.75) is 32.2 Å². The Morgan fingerprint density at radius 3 is 2.21 bits per heavy atom. The largest absolute Gasteiger partial charge is 0.469 e. The molecule has 1 amide bonds. The lowest BCUT2D eigenvalue weighted by atomic mass is 9.97. The first-order valence-corrected chi connectivity index (χ1v) is 13.2. The Balaban J connectivity index is 1.36.